The molecule has 1 fully saturated rings. The molecule has 1 aliphatic rings. The number of carbonyl (C=O) groups is 4. The summed E-state index contributed by atoms with van der Waals surface area (Å²) in [5.74, 6) is -1.87. The Morgan fingerprint density at radius 2 is 2.00 bits per heavy atom. The number of hydrogen-bond acceptors (Lipinski definition) is 4. The van der Waals surface area contributed by atoms with E-state index >= 15 is 0 Å². The lowest BCUT2D eigenvalue weighted by molar-refractivity contribution is -0.141. The van der Waals surface area contributed by atoms with Crippen LogP contribution in [0, 0.1) is 0 Å². The van der Waals surface area contributed by atoms with E-state index < -0.39 is 29.5 Å². The Hall–Kier alpha value is -2.12. The summed E-state index contributed by atoms with van der Waals surface area (Å²) in [7, 11) is 0. The second-order valence-electron chi connectivity index (χ2n) is 5.24. The first-order chi connectivity index (χ1) is 9.15. The van der Waals surface area contributed by atoms with Crippen molar-refractivity contribution < 1.29 is 24.3 Å². The summed E-state index contributed by atoms with van der Waals surface area (Å²) < 4.78 is 0. The third-order valence-corrected chi connectivity index (χ3v) is 2.98. The molecule has 1 heterocycles. The predicted octanol–water partition coefficient (Wildman–Crippen LogP) is -0.314. The van der Waals surface area contributed by atoms with Gasteiger partial charge in [0.1, 0.15) is 11.6 Å². The molecule has 0 bridgehead atoms. The van der Waals surface area contributed by atoms with Crippen LogP contribution in [-0.2, 0) is 14.4 Å². The van der Waals surface area contributed by atoms with E-state index in [0.717, 1.165) is 4.90 Å². The fourth-order valence-corrected chi connectivity index (χ4v) is 1.79. The Morgan fingerprint density at radius 1 is 1.40 bits per heavy atom. The number of nitrogens with one attached hydrogen (secondary N) is 2. The summed E-state index contributed by atoms with van der Waals surface area (Å²) in [5.41, 5.74) is -0.919. The zero-order chi connectivity index (χ0) is 15.5. The van der Waals surface area contributed by atoms with Gasteiger partial charge in [0.05, 0.1) is 0 Å². The van der Waals surface area contributed by atoms with Crippen molar-refractivity contribution in [3.05, 3.63) is 0 Å². The molecule has 1 atom stereocenters. The van der Waals surface area contributed by atoms with Gasteiger partial charge in [-0.05, 0) is 27.2 Å². The van der Waals surface area contributed by atoms with Crippen molar-refractivity contribution in [2.75, 3.05) is 6.54 Å². The highest BCUT2D eigenvalue weighted by Crippen LogP contribution is 2.16. The number of amides is 4. The van der Waals surface area contributed by atoms with Gasteiger partial charge in [-0.25, -0.2) is 4.79 Å². The standard InChI is InChI=1S/C12H19N3O5/c1-7(9(17)18)13-8(16)5-4-6-15-10(19)12(2,3)14-11(15)20/h7H,4-6H2,1-3H3,(H,13,16)(H,14,20)(H,17,18). The van der Waals surface area contributed by atoms with Crippen LogP contribution in [0.2, 0.25) is 0 Å². The summed E-state index contributed by atoms with van der Waals surface area (Å²) in [6.45, 7) is 4.70. The zero-order valence-corrected chi connectivity index (χ0v) is 11.7. The minimum atomic E-state index is -1.12. The highest BCUT2D eigenvalue weighted by molar-refractivity contribution is 6.06. The molecule has 3 N–H and O–H groups in total. The molecule has 8 nitrogen and oxygen atoms in total. The molecule has 1 unspecified atom stereocenters. The van der Waals surface area contributed by atoms with Crippen LogP contribution in [0.1, 0.15) is 33.6 Å². The highest BCUT2D eigenvalue weighted by atomic mass is 16.4. The van der Waals surface area contributed by atoms with E-state index in [1.807, 2.05) is 0 Å². The molecule has 0 aromatic heterocycles. The molecule has 0 aliphatic carbocycles. The lowest BCUT2D eigenvalue weighted by Crippen LogP contribution is -2.40. The lowest BCUT2D eigenvalue weighted by atomic mass is 10.1. The smallest absolute Gasteiger partial charge is 0.325 e. The molecule has 8 heteroatoms. The summed E-state index contributed by atoms with van der Waals surface area (Å²) in [4.78, 5) is 46.5. The number of imide groups is 1. The van der Waals surface area contributed by atoms with Gasteiger partial charge in [0.25, 0.3) is 5.91 Å². The van der Waals surface area contributed by atoms with Gasteiger partial charge in [-0.15, -0.1) is 0 Å². The third kappa shape index (κ3) is 3.69. The Kier molecular flexibility index (Phi) is 4.69. The van der Waals surface area contributed by atoms with E-state index in [2.05, 4.69) is 10.6 Å². The van der Waals surface area contributed by atoms with Crippen LogP contribution in [0.3, 0.4) is 0 Å². The second kappa shape index (κ2) is 5.89. The number of carboxylic acids is 1. The maximum Gasteiger partial charge on any atom is 0.325 e. The summed E-state index contributed by atoms with van der Waals surface area (Å²) >= 11 is 0. The number of aliphatic carboxylic acids is 1. The average Bonchev–Trinajstić information content (AvgIpc) is 2.50. The van der Waals surface area contributed by atoms with E-state index in [1.54, 1.807) is 13.8 Å². The van der Waals surface area contributed by atoms with Crippen molar-refractivity contribution in [1.82, 2.24) is 15.5 Å². The van der Waals surface area contributed by atoms with Gasteiger partial charge in [-0.2, -0.15) is 0 Å². The van der Waals surface area contributed by atoms with Crippen molar-refractivity contribution in [2.24, 2.45) is 0 Å². The molecule has 0 saturated carbocycles. The molecule has 112 valence electrons. The Balaban J connectivity index is 2.38. The molecule has 20 heavy (non-hydrogen) atoms. The number of rotatable bonds is 6. The maximum atomic E-state index is 11.8. The van der Waals surface area contributed by atoms with Gasteiger partial charge in [0.2, 0.25) is 5.91 Å². The fourth-order valence-electron chi connectivity index (χ4n) is 1.79. The summed E-state index contributed by atoms with van der Waals surface area (Å²) in [5, 5.41) is 13.5. The quantitative estimate of drug-likeness (QED) is 0.579. The first kappa shape index (κ1) is 15.9. The normalized spacial score (nSPS) is 18.6. The largest absolute Gasteiger partial charge is 0.480 e. The number of carbonyl (C=O) groups excluding carboxylic acids is 3. The van der Waals surface area contributed by atoms with Crippen LogP contribution in [0.4, 0.5) is 4.79 Å². The first-order valence-electron chi connectivity index (χ1n) is 6.31. The number of urea groups is 1. The monoisotopic (exact) mass is 285 g/mol. The van der Waals surface area contributed by atoms with E-state index in [0.29, 0.717) is 0 Å². The molecular formula is C12H19N3O5. The third-order valence-electron chi connectivity index (χ3n) is 2.98. The molecule has 1 saturated heterocycles. The number of hydrogen-bond donors (Lipinski definition) is 3. The van der Waals surface area contributed by atoms with Crippen molar-refractivity contribution >= 4 is 23.8 Å². The van der Waals surface area contributed by atoms with Gasteiger partial charge < -0.3 is 15.7 Å². The van der Waals surface area contributed by atoms with E-state index in [9.17, 15) is 19.2 Å². The van der Waals surface area contributed by atoms with E-state index in [1.165, 1.54) is 6.92 Å². The van der Waals surface area contributed by atoms with Gasteiger partial charge in [0, 0.05) is 13.0 Å². The van der Waals surface area contributed by atoms with Crippen LogP contribution < -0.4 is 10.6 Å². The van der Waals surface area contributed by atoms with Crippen LogP contribution in [0.25, 0.3) is 0 Å². The van der Waals surface area contributed by atoms with Gasteiger partial charge >= 0.3 is 12.0 Å². The fraction of sp³-hybridized carbons (Fsp3) is 0.667. The van der Waals surface area contributed by atoms with Crippen molar-refractivity contribution in [3.8, 4) is 0 Å². The van der Waals surface area contributed by atoms with Crippen LogP contribution in [0.5, 0.6) is 0 Å². The predicted molar refractivity (Wildman–Crippen MR) is 68.8 cm³/mol. The first-order valence-corrected chi connectivity index (χ1v) is 6.31. The molecule has 1 aliphatic heterocycles. The minimum Gasteiger partial charge on any atom is -0.480 e. The maximum absolute atomic E-state index is 11.8. The van der Waals surface area contributed by atoms with Crippen molar-refractivity contribution in [3.63, 3.8) is 0 Å². The molecular weight excluding hydrogens is 266 g/mol. The summed E-state index contributed by atoms with van der Waals surface area (Å²) in [6, 6.07) is -1.43. The molecule has 4 amide bonds. The van der Waals surface area contributed by atoms with E-state index in [4.69, 9.17) is 5.11 Å². The Bertz CT molecular complexity index is 446. The number of nitrogens with zero attached hydrogens (tertiary/aromatic N) is 1. The molecule has 0 radical (unpaired) electrons. The lowest BCUT2D eigenvalue weighted by Gasteiger charge is -2.16. The van der Waals surface area contributed by atoms with Gasteiger partial charge in [0.15, 0.2) is 0 Å². The molecule has 0 aromatic rings. The van der Waals surface area contributed by atoms with Gasteiger partial charge in [-0.3, -0.25) is 19.3 Å². The summed E-state index contributed by atoms with van der Waals surface area (Å²) in [6.07, 6.45) is 0.336. The van der Waals surface area contributed by atoms with Crippen molar-refractivity contribution in [1.29, 1.82) is 0 Å². The Morgan fingerprint density at radius 3 is 2.45 bits per heavy atom. The van der Waals surface area contributed by atoms with Gasteiger partial charge in [-0.1, -0.05) is 0 Å². The highest BCUT2D eigenvalue weighted by Gasteiger charge is 2.43. The van der Waals surface area contributed by atoms with Crippen LogP contribution >= 0.6 is 0 Å². The Labute approximate surface area is 116 Å². The topological polar surface area (TPSA) is 116 Å². The SMILES string of the molecule is CC(NC(=O)CCCN1C(=O)NC(C)(C)C1=O)C(=O)O. The molecule has 1 rings (SSSR count). The molecule has 0 aromatic carbocycles. The van der Waals surface area contributed by atoms with E-state index in [-0.39, 0.29) is 25.3 Å². The average molecular weight is 285 g/mol. The molecule has 0 spiro atoms. The van der Waals surface area contributed by atoms with Crippen LogP contribution in [0.15, 0.2) is 0 Å². The zero-order valence-electron chi connectivity index (χ0n) is 11.7. The second-order valence-corrected chi connectivity index (χ2v) is 5.24. The minimum absolute atomic E-state index is 0.0507. The van der Waals surface area contributed by atoms with Crippen LogP contribution in [-0.4, -0.2) is 51.9 Å². The number of carboxylic acid groups (broad SMARTS) is 1. The van der Waals surface area contributed by atoms with Crippen molar-refractivity contribution in [2.45, 2.75) is 45.2 Å².